The molecule has 8 heteroatoms. The Labute approximate surface area is 125 Å². The molecule has 0 atom stereocenters. The van der Waals surface area contributed by atoms with Gasteiger partial charge in [-0.1, -0.05) is 18.2 Å². The maximum Gasteiger partial charge on any atom is 0.352 e. The van der Waals surface area contributed by atoms with Crippen LogP contribution in [0.25, 0.3) is 0 Å². The molecule has 1 aliphatic rings. The van der Waals surface area contributed by atoms with Gasteiger partial charge >= 0.3 is 11.9 Å². The Morgan fingerprint density at radius 1 is 1.23 bits per heavy atom. The number of carbonyl (C=O) groups excluding carboxylic acids is 2. The zero-order valence-corrected chi connectivity index (χ0v) is 11.9. The molecule has 0 spiro atoms. The van der Waals surface area contributed by atoms with Crippen molar-refractivity contribution in [2.75, 3.05) is 0 Å². The number of cyclic esters (lactones) is 2. The fraction of sp³-hybridized carbons (Fsp3) is 0.286. The molecule has 0 aromatic heterocycles. The van der Waals surface area contributed by atoms with Crippen molar-refractivity contribution in [1.82, 2.24) is 0 Å². The number of para-hydroxylation sites is 1. The number of aliphatic hydroxyl groups excluding tert-OH is 1. The molecule has 0 saturated carbocycles. The van der Waals surface area contributed by atoms with Crippen molar-refractivity contribution in [2.24, 2.45) is 0 Å². The quantitative estimate of drug-likeness (QED) is 0.226. The van der Waals surface area contributed by atoms with Crippen LogP contribution in [0.3, 0.4) is 0 Å². The molecule has 0 amide bonds. The number of nitro groups is 1. The molecule has 1 N–H and O–H groups in total. The van der Waals surface area contributed by atoms with E-state index in [9.17, 15) is 24.8 Å². The minimum atomic E-state index is -1.42. The van der Waals surface area contributed by atoms with E-state index < -0.39 is 34.0 Å². The second-order valence-corrected chi connectivity index (χ2v) is 5.06. The number of nitrogens with zero attached hydrogens (tertiary/aromatic N) is 1. The molecule has 1 saturated heterocycles. The van der Waals surface area contributed by atoms with Crippen LogP contribution in [-0.2, 0) is 25.5 Å². The van der Waals surface area contributed by atoms with Crippen molar-refractivity contribution in [1.29, 1.82) is 0 Å². The number of hydrogen-bond acceptors (Lipinski definition) is 7. The first-order valence-corrected chi connectivity index (χ1v) is 6.32. The predicted octanol–water partition coefficient (Wildman–Crippen LogP) is 1.79. The number of aliphatic hydroxyl groups is 1. The molecular weight excluding hydrogens is 294 g/mol. The Hall–Kier alpha value is -2.90. The minimum absolute atomic E-state index is 0.155. The first-order valence-electron chi connectivity index (χ1n) is 6.32. The number of rotatable bonds is 3. The van der Waals surface area contributed by atoms with Crippen molar-refractivity contribution in [2.45, 2.75) is 26.1 Å². The van der Waals surface area contributed by atoms with Crippen LogP contribution in [-0.4, -0.2) is 27.8 Å². The molecule has 0 unspecified atom stereocenters. The summed E-state index contributed by atoms with van der Waals surface area (Å²) in [5.74, 6) is -4.12. The van der Waals surface area contributed by atoms with Gasteiger partial charge in [0.05, 0.1) is 4.92 Å². The van der Waals surface area contributed by atoms with E-state index in [0.717, 1.165) is 0 Å². The fourth-order valence-electron chi connectivity index (χ4n) is 2.00. The lowest BCUT2D eigenvalue weighted by molar-refractivity contribution is -0.385. The average molecular weight is 307 g/mol. The van der Waals surface area contributed by atoms with Gasteiger partial charge in [-0.25, -0.2) is 9.59 Å². The molecule has 1 aromatic carbocycles. The highest BCUT2D eigenvalue weighted by molar-refractivity contribution is 6.15. The summed E-state index contributed by atoms with van der Waals surface area (Å²) in [5, 5.41) is 20.9. The zero-order chi connectivity index (χ0) is 16.5. The largest absolute Gasteiger partial charge is 0.511 e. The van der Waals surface area contributed by atoms with E-state index in [2.05, 4.69) is 0 Å². The highest BCUT2D eigenvalue weighted by Crippen LogP contribution is 2.27. The van der Waals surface area contributed by atoms with E-state index >= 15 is 0 Å². The summed E-state index contributed by atoms with van der Waals surface area (Å²) in [5.41, 5.74) is -0.729. The van der Waals surface area contributed by atoms with Crippen LogP contribution in [0.5, 0.6) is 0 Å². The average Bonchev–Trinajstić information content (AvgIpc) is 2.36. The van der Waals surface area contributed by atoms with Crippen molar-refractivity contribution < 1.29 is 29.1 Å². The Kier molecular flexibility index (Phi) is 3.85. The lowest BCUT2D eigenvalue weighted by atomic mass is 10.0. The molecule has 1 fully saturated rings. The minimum Gasteiger partial charge on any atom is -0.511 e. The third-order valence-corrected chi connectivity index (χ3v) is 2.92. The first-order chi connectivity index (χ1) is 10.2. The summed E-state index contributed by atoms with van der Waals surface area (Å²) < 4.78 is 9.72. The highest BCUT2D eigenvalue weighted by Gasteiger charge is 2.41. The standard InChI is InChI=1S/C14H13NO7/c1-14(2)21-12(17)11(13(18)22-14)10(16)7-8-5-3-4-6-9(8)15(19)20/h3-6,16H,7H2,1-2H3. The second kappa shape index (κ2) is 5.47. The van der Waals surface area contributed by atoms with Gasteiger partial charge < -0.3 is 14.6 Å². The molecule has 1 heterocycles. The lowest BCUT2D eigenvalue weighted by Gasteiger charge is -2.30. The number of carbonyl (C=O) groups is 2. The van der Waals surface area contributed by atoms with Crippen LogP contribution in [0, 0.1) is 10.1 Å². The number of esters is 2. The third kappa shape index (κ3) is 3.05. The second-order valence-electron chi connectivity index (χ2n) is 5.06. The number of hydrogen-bond donors (Lipinski definition) is 1. The van der Waals surface area contributed by atoms with Crippen molar-refractivity contribution in [3.05, 3.63) is 51.3 Å². The van der Waals surface area contributed by atoms with E-state index in [-0.39, 0.29) is 17.7 Å². The van der Waals surface area contributed by atoms with Crippen LogP contribution in [0.2, 0.25) is 0 Å². The van der Waals surface area contributed by atoms with Crippen molar-refractivity contribution in [3.63, 3.8) is 0 Å². The van der Waals surface area contributed by atoms with Crippen molar-refractivity contribution in [3.8, 4) is 0 Å². The monoisotopic (exact) mass is 307 g/mol. The topological polar surface area (TPSA) is 116 Å². The Balaban J connectivity index is 2.36. The molecule has 1 aliphatic heterocycles. The summed E-state index contributed by atoms with van der Waals surface area (Å²) >= 11 is 0. The van der Waals surface area contributed by atoms with Crippen molar-refractivity contribution >= 4 is 17.6 Å². The van der Waals surface area contributed by atoms with Gasteiger partial charge in [0, 0.05) is 31.9 Å². The van der Waals surface area contributed by atoms with Gasteiger partial charge in [0.25, 0.3) is 11.5 Å². The first kappa shape index (κ1) is 15.5. The molecule has 1 aromatic rings. The summed E-state index contributed by atoms with van der Waals surface area (Å²) in [6, 6.07) is 5.69. The fourth-order valence-corrected chi connectivity index (χ4v) is 2.00. The Bertz CT molecular complexity index is 668. The van der Waals surface area contributed by atoms with E-state index in [4.69, 9.17) is 9.47 Å². The maximum atomic E-state index is 11.8. The van der Waals surface area contributed by atoms with Crippen LogP contribution in [0.1, 0.15) is 19.4 Å². The molecular formula is C14H13NO7. The van der Waals surface area contributed by atoms with Gasteiger partial charge in [-0.05, 0) is 0 Å². The van der Waals surface area contributed by atoms with E-state index in [1.165, 1.54) is 32.0 Å². The number of ether oxygens (including phenoxy) is 2. The predicted molar refractivity (Wildman–Crippen MR) is 72.7 cm³/mol. The highest BCUT2D eigenvalue weighted by atomic mass is 16.7. The molecule has 2 rings (SSSR count). The van der Waals surface area contributed by atoms with E-state index in [1.807, 2.05) is 0 Å². The smallest absolute Gasteiger partial charge is 0.352 e. The van der Waals surface area contributed by atoms with Crippen LogP contribution < -0.4 is 0 Å². The van der Waals surface area contributed by atoms with Gasteiger partial charge in [-0.15, -0.1) is 0 Å². The molecule has 8 nitrogen and oxygen atoms in total. The summed E-state index contributed by atoms with van der Waals surface area (Å²) in [4.78, 5) is 33.9. The molecule has 22 heavy (non-hydrogen) atoms. The number of benzene rings is 1. The van der Waals surface area contributed by atoms with Crippen LogP contribution in [0.15, 0.2) is 35.6 Å². The summed E-state index contributed by atoms with van der Waals surface area (Å²) in [7, 11) is 0. The van der Waals surface area contributed by atoms with E-state index in [1.54, 1.807) is 6.07 Å². The van der Waals surface area contributed by atoms with Gasteiger partial charge in [0.1, 0.15) is 5.76 Å². The molecule has 0 radical (unpaired) electrons. The van der Waals surface area contributed by atoms with Gasteiger partial charge in [-0.2, -0.15) is 0 Å². The SMILES string of the molecule is CC1(C)OC(=O)C(=C(O)Cc2ccccc2[N+](=O)[O-])C(=O)O1. The van der Waals surface area contributed by atoms with Crippen LogP contribution >= 0.6 is 0 Å². The van der Waals surface area contributed by atoms with Crippen LogP contribution in [0.4, 0.5) is 5.69 Å². The van der Waals surface area contributed by atoms with Gasteiger partial charge in [-0.3, -0.25) is 10.1 Å². The van der Waals surface area contributed by atoms with Gasteiger partial charge in [0.15, 0.2) is 5.57 Å². The summed E-state index contributed by atoms with van der Waals surface area (Å²) in [6.07, 6.45) is -0.364. The third-order valence-electron chi connectivity index (χ3n) is 2.92. The number of nitro benzene ring substituents is 1. The number of allylic oxidation sites excluding steroid dienone is 1. The Morgan fingerprint density at radius 2 is 1.77 bits per heavy atom. The normalized spacial score (nSPS) is 16.7. The molecule has 116 valence electrons. The molecule has 0 aliphatic carbocycles. The zero-order valence-electron chi connectivity index (χ0n) is 11.9. The van der Waals surface area contributed by atoms with Gasteiger partial charge in [0.2, 0.25) is 0 Å². The lowest BCUT2D eigenvalue weighted by Crippen LogP contribution is -2.42. The van der Waals surface area contributed by atoms with E-state index in [0.29, 0.717) is 0 Å². The summed E-state index contributed by atoms with van der Waals surface area (Å²) in [6.45, 7) is 2.75. The Morgan fingerprint density at radius 3 is 2.32 bits per heavy atom. The maximum absolute atomic E-state index is 11.8. The molecule has 0 bridgehead atoms.